The van der Waals surface area contributed by atoms with Crippen LogP contribution in [0.3, 0.4) is 0 Å². The van der Waals surface area contributed by atoms with E-state index in [4.69, 9.17) is 20.5 Å². The lowest BCUT2D eigenvalue weighted by molar-refractivity contribution is 0.0948. The number of rotatable bonds is 5. The fourth-order valence-corrected chi connectivity index (χ4v) is 2.89. The highest BCUT2D eigenvalue weighted by atomic mass is 35.5. The van der Waals surface area contributed by atoms with Crippen molar-refractivity contribution >= 4 is 17.5 Å². The monoisotopic (exact) mass is 393 g/mol. The predicted octanol–water partition coefficient (Wildman–Crippen LogP) is 4.89. The summed E-state index contributed by atoms with van der Waals surface area (Å²) in [6.45, 7) is 2.15. The third kappa shape index (κ3) is 3.82. The molecule has 0 saturated carbocycles. The van der Waals surface area contributed by atoms with Crippen molar-refractivity contribution in [2.45, 2.75) is 13.5 Å². The molecule has 4 rings (SSSR count). The van der Waals surface area contributed by atoms with Crippen molar-refractivity contribution < 1.29 is 13.7 Å². The van der Waals surface area contributed by atoms with Gasteiger partial charge < -0.3 is 14.3 Å². The molecular weight excluding hydrogens is 378 g/mol. The lowest BCUT2D eigenvalue weighted by Gasteiger charge is -2.06. The van der Waals surface area contributed by atoms with Crippen LogP contribution in [0.2, 0.25) is 5.02 Å². The number of furan rings is 1. The van der Waals surface area contributed by atoms with Crippen molar-refractivity contribution in [1.82, 2.24) is 15.5 Å². The molecule has 2 aromatic carbocycles. The Morgan fingerprint density at radius 2 is 1.86 bits per heavy atom. The Kier molecular flexibility index (Phi) is 4.95. The Balaban J connectivity index is 1.57. The van der Waals surface area contributed by atoms with Crippen LogP contribution in [0.1, 0.15) is 21.9 Å². The molecule has 0 atom stereocenters. The topological polar surface area (TPSA) is 81.2 Å². The summed E-state index contributed by atoms with van der Waals surface area (Å²) in [5, 5.41) is 7.49. The summed E-state index contributed by atoms with van der Waals surface area (Å²) >= 11 is 5.92. The van der Waals surface area contributed by atoms with Crippen molar-refractivity contribution in [3.8, 4) is 22.8 Å². The quantitative estimate of drug-likeness (QED) is 0.522. The molecule has 28 heavy (non-hydrogen) atoms. The highest BCUT2D eigenvalue weighted by Gasteiger charge is 2.18. The molecule has 0 radical (unpaired) electrons. The van der Waals surface area contributed by atoms with E-state index in [-0.39, 0.29) is 11.8 Å². The molecule has 2 aromatic heterocycles. The van der Waals surface area contributed by atoms with E-state index in [0.29, 0.717) is 34.3 Å². The first-order chi connectivity index (χ1) is 13.6. The first-order valence-corrected chi connectivity index (χ1v) is 9.00. The van der Waals surface area contributed by atoms with E-state index in [1.54, 1.807) is 42.5 Å². The lowest BCUT2D eigenvalue weighted by atomic mass is 10.1. The molecule has 0 unspecified atom stereocenters. The number of hydrogen-bond acceptors (Lipinski definition) is 5. The molecule has 0 bridgehead atoms. The van der Waals surface area contributed by atoms with Gasteiger partial charge in [-0.15, -0.1) is 0 Å². The SMILES string of the molecule is Cc1ccc(CNC(=O)c2ccccc2-c2nc(-c3ccc(Cl)cc3)no2)o1. The molecular formula is C21H16ClN3O3. The first kappa shape index (κ1) is 18.0. The van der Waals surface area contributed by atoms with Gasteiger partial charge in [-0.3, -0.25) is 4.79 Å². The minimum absolute atomic E-state index is 0.254. The van der Waals surface area contributed by atoms with Crippen LogP contribution in [0, 0.1) is 6.92 Å². The van der Waals surface area contributed by atoms with Crippen LogP contribution in [0.4, 0.5) is 0 Å². The lowest BCUT2D eigenvalue weighted by Crippen LogP contribution is -2.23. The van der Waals surface area contributed by atoms with Crippen LogP contribution in [-0.2, 0) is 6.54 Å². The highest BCUT2D eigenvalue weighted by Crippen LogP contribution is 2.26. The molecule has 1 amide bonds. The van der Waals surface area contributed by atoms with Crippen molar-refractivity contribution in [3.63, 3.8) is 0 Å². The fourth-order valence-electron chi connectivity index (χ4n) is 2.76. The smallest absolute Gasteiger partial charge is 0.259 e. The largest absolute Gasteiger partial charge is 0.465 e. The third-order valence-electron chi connectivity index (χ3n) is 4.15. The zero-order valence-corrected chi connectivity index (χ0v) is 15.7. The predicted molar refractivity (Wildman–Crippen MR) is 105 cm³/mol. The van der Waals surface area contributed by atoms with E-state index in [1.165, 1.54) is 0 Å². The summed E-state index contributed by atoms with van der Waals surface area (Å²) in [5.74, 6) is 1.92. The van der Waals surface area contributed by atoms with Crippen LogP contribution >= 0.6 is 11.6 Å². The van der Waals surface area contributed by atoms with Gasteiger partial charge in [0.15, 0.2) is 0 Å². The standard InChI is InChI=1S/C21H16ClN3O3/c1-13-6-11-16(27-13)12-23-20(26)17-4-2-3-5-18(17)21-24-19(25-28-21)14-7-9-15(22)10-8-14/h2-11H,12H2,1H3,(H,23,26). The van der Waals surface area contributed by atoms with Gasteiger partial charge in [0.1, 0.15) is 11.5 Å². The Labute approximate surface area is 166 Å². The zero-order chi connectivity index (χ0) is 19.5. The minimum atomic E-state index is -0.254. The van der Waals surface area contributed by atoms with E-state index in [1.807, 2.05) is 25.1 Å². The number of nitrogens with zero attached hydrogens (tertiary/aromatic N) is 2. The summed E-state index contributed by atoms with van der Waals surface area (Å²) < 4.78 is 10.9. The second kappa shape index (κ2) is 7.70. The number of aromatic nitrogens is 2. The molecule has 0 aliphatic heterocycles. The van der Waals surface area contributed by atoms with Crippen LogP contribution in [0.25, 0.3) is 22.8 Å². The van der Waals surface area contributed by atoms with Gasteiger partial charge in [0.05, 0.1) is 17.7 Å². The van der Waals surface area contributed by atoms with Gasteiger partial charge in [-0.2, -0.15) is 4.98 Å². The van der Waals surface area contributed by atoms with Gasteiger partial charge in [-0.05, 0) is 55.5 Å². The van der Waals surface area contributed by atoms with Gasteiger partial charge in [-0.1, -0.05) is 28.9 Å². The van der Waals surface area contributed by atoms with Crippen LogP contribution < -0.4 is 5.32 Å². The minimum Gasteiger partial charge on any atom is -0.465 e. The summed E-state index contributed by atoms with van der Waals surface area (Å²) in [6.07, 6.45) is 0. The maximum absolute atomic E-state index is 12.7. The Hall–Kier alpha value is -3.38. The van der Waals surface area contributed by atoms with E-state index in [0.717, 1.165) is 11.3 Å². The van der Waals surface area contributed by atoms with Crippen molar-refractivity contribution in [2.75, 3.05) is 0 Å². The number of carbonyl (C=O) groups is 1. The van der Waals surface area contributed by atoms with Crippen molar-refractivity contribution in [3.05, 3.63) is 82.8 Å². The number of aryl methyl sites for hydroxylation is 1. The van der Waals surface area contributed by atoms with Gasteiger partial charge in [-0.25, -0.2) is 0 Å². The van der Waals surface area contributed by atoms with Gasteiger partial charge >= 0.3 is 0 Å². The molecule has 0 spiro atoms. The molecule has 0 fully saturated rings. The van der Waals surface area contributed by atoms with Crippen LogP contribution in [-0.4, -0.2) is 16.0 Å². The number of carbonyl (C=O) groups excluding carboxylic acids is 1. The summed E-state index contributed by atoms with van der Waals surface area (Å²) in [7, 11) is 0. The molecule has 2 heterocycles. The summed E-state index contributed by atoms with van der Waals surface area (Å²) in [5.41, 5.74) is 1.77. The number of nitrogens with one attached hydrogen (secondary N) is 1. The maximum atomic E-state index is 12.7. The molecule has 7 heteroatoms. The molecule has 0 aliphatic rings. The van der Waals surface area contributed by atoms with E-state index in [2.05, 4.69) is 15.5 Å². The van der Waals surface area contributed by atoms with Crippen molar-refractivity contribution in [1.29, 1.82) is 0 Å². The van der Waals surface area contributed by atoms with Crippen LogP contribution in [0.15, 0.2) is 69.6 Å². The normalized spacial score (nSPS) is 10.8. The summed E-state index contributed by atoms with van der Waals surface area (Å²) in [6, 6.07) is 17.9. The number of halogens is 1. The highest BCUT2D eigenvalue weighted by molar-refractivity contribution is 6.30. The number of hydrogen-bond donors (Lipinski definition) is 1. The molecule has 4 aromatic rings. The molecule has 6 nitrogen and oxygen atoms in total. The Morgan fingerprint density at radius 1 is 1.07 bits per heavy atom. The number of amides is 1. The van der Waals surface area contributed by atoms with Crippen LogP contribution in [0.5, 0.6) is 0 Å². The molecule has 140 valence electrons. The Bertz CT molecular complexity index is 1120. The molecule has 0 aliphatic carbocycles. The van der Waals surface area contributed by atoms with Gasteiger partial charge in [0.2, 0.25) is 5.82 Å². The maximum Gasteiger partial charge on any atom is 0.259 e. The third-order valence-corrected chi connectivity index (χ3v) is 4.40. The summed E-state index contributed by atoms with van der Waals surface area (Å²) in [4.78, 5) is 17.1. The average molecular weight is 394 g/mol. The molecule has 0 saturated heterocycles. The van der Waals surface area contributed by atoms with E-state index >= 15 is 0 Å². The van der Waals surface area contributed by atoms with Gasteiger partial charge in [0, 0.05) is 10.6 Å². The zero-order valence-electron chi connectivity index (χ0n) is 15.0. The fraction of sp³-hybridized carbons (Fsp3) is 0.0952. The second-order valence-electron chi connectivity index (χ2n) is 6.17. The Morgan fingerprint density at radius 3 is 2.61 bits per heavy atom. The van der Waals surface area contributed by atoms with E-state index < -0.39 is 0 Å². The van der Waals surface area contributed by atoms with Crippen molar-refractivity contribution in [2.24, 2.45) is 0 Å². The van der Waals surface area contributed by atoms with Gasteiger partial charge in [0.25, 0.3) is 11.8 Å². The first-order valence-electron chi connectivity index (χ1n) is 8.63. The average Bonchev–Trinajstić information content (AvgIpc) is 3.36. The van der Waals surface area contributed by atoms with E-state index in [9.17, 15) is 4.79 Å². The molecule has 1 N–H and O–H groups in total. The number of benzene rings is 2. The second-order valence-corrected chi connectivity index (χ2v) is 6.61.